The summed E-state index contributed by atoms with van der Waals surface area (Å²) in [5.74, 6) is 1.77. The number of methoxy groups -OCH3 is 1. The van der Waals surface area contributed by atoms with E-state index in [1.54, 1.807) is 13.3 Å². The van der Waals surface area contributed by atoms with Gasteiger partial charge in [0.1, 0.15) is 11.4 Å². The minimum Gasteiger partial charge on any atom is -0.497 e. The molecule has 0 fully saturated rings. The van der Waals surface area contributed by atoms with E-state index in [0.717, 1.165) is 22.9 Å². The van der Waals surface area contributed by atoms with Gasteiger partial charge in [0.25, 0.3) is 0 Å². The van der Waals surface area contributed by atoms with Crippen LogP contribution in [0.15, 0.2) is 30.5 Å². The fourth-order valence-corrected chi connectivity index (χ4v) is 2.01. The number of nitrogens with zero attached hydrogens (tertiary/aromatic N) is 4. The molecule has 3 N–H and O–H groups in total. The number of benzene rings is 1. The Morgan fingerprint density at radius 1 is 1.26 bits per heavy atom. The fraction of sp³-hybridized carbons (Fsp3) is 0.167. The Morgan fingerprint density at radius 3 is 2.68 bits per heavy atom. The van der Waals surface area contributed by atoms with Gasteiger partial charge in [0, 0.05) is 7.05 Å². The maximum atomic E-state index is 5.65. The standard InChI is InChI=1S/C12H14N6O/c1-17-16-10-7-14-12(13)15-11(10)18(17)8-3-5-9(19-2)6-4-8/h3-7,16H,1-2H3,(H2,13,14,15). The first-order chi connectivity index (χ1) is 9.19. The normalized spacial score (nSPS) is 14.1. The third kappa shape index (κ3) is 1.89. The smallest absolute Gasteiger partial charge is 0.222 e. The molecule has 0 aliphatic carbocycles. The highest BCUT2D eigenvalue weighted by molar-refractivity contribution is 5.76. The van der Waals surface area contributed by atoms with Gasteiger partial charge in [-0.05, 0) is 24.3 Å². The summed E-state index contributed by atoms with van der Waals surface area (Å²) in [5.41, 5.74) is 10.6. The number of ether oxygens (including phenoxy) is 1. The number of aromatic nitrogens is 2. The highest BCUT2D eigenvalue weighted by Crippen LogP contribution is 2.37. The Morgan fingerprint density at radius 2 is 2.00 bits per heavy atom. The first-order valence-electron chi connectivity index (χ1n) is 5.76. The van der Waals surface area contributed by atoms with Crippen molar-refractivity contribution in [3.63, 3.8) is 0 Å². The Labute approximate surface area is 110 Å². The maximum Gasteiger partial charge on any atom is 0.222 e. The van der Waals surface area contributed by atoms with Crippen LogP contribution in [0.4, 0.5) is 23.1 Å². The third-order valence-electron chi connectivity index (χ3n) is 2.89. The van der Waals surface area contributed by atoms with Crippen molar-refractivity contribution in [3.05, 3.63) is 30.5 Å². The zero-order valence-electron chi connectivity index (χ0n) is 10.7. The molecule has 2 heterocycles. The van der Waals surface area contributed by atoms with Crippen LogP contribution in [0.1, 0.15) is 0 Å². The van der Waals surface area contributed by atoms with Gasteiger partial charge in [-0.15, -0.1) is 5.12 Å². The first-order valence-corrected chi connectivity index (χ1v) is 5.76. The number of nitrogens with one attached hydrogen (secondary N) is 1. The number of hydrogen-bond donors (Lipinski definition) is 2. The molecule has 19 heavy (non-hydrogen) atoms. The molecule has 1 aromatic heterocycles. The molecule has 3 rings (SSSR count). The van der Waals surface area contributed by atoms with Crippen LogP contribution in [0.3, 0.4) is 0 Å². The predicted octanol–water partition coefficient (Wildman–Crippen LogP) is 1.39. The average Bonchev–Trinajstić information content (AvgIpc) is 2.74. The second-order valence-corrected chi connectivity index (χ2v) is 4.11. The van der Waals surface area contributed by atoms with E-state index in [1.165, 1.54) is 0 Å². The van der Waals surface area contributed by atoms with Crippen molar-refractivity contribution in [3.8, 4) is 5.75 Å². The van der Waals surface area contributed by atoms with Crippen molar-refractivity contribution in [2.24, 2.45) is 0 Å². The summed E-state index contributed by atoms with van der Waals surface area (Å²) in [6, 6.07) is 7.69. The summed E-state index contributed by atoms with van der Waals surface area (Å²) in [5, 5.41) is 3.73. The number of rotatable bonds is 2. The number of nitrogens with two attached hydrogens (primary N) is 1. The van der Waals surface area contributed by atoms with E-state index in [9.17, 15) is 0 Å². The highest BCUT2D eigenvalue weighted by atomic mass is 16.5. The lowest BCUT2D eigenvalue weighted by Crippen LogP contribution is -2.34. The maximum absolute atomic E-state index is 5.65. The van der Waals surface area contributed by atoms with Crippen molar-refractivity contribution in [2.75, 3.05) is 30.3 Å². The molecule has 1 aromatic carbocycles. The Kier molecular flexibility index (Phi) is 2.60. The molecule has 0 atom stereocenters. The van der Waals surface area contributed by atoms with Gasteiger partial charge in [0.2, 0.25) is 5.95 Å². The summed E-state index contributed by atoms with van der Waals surface area (Å²) in [6.45, 7) is 0. The van der Waals surface area contributed by atoms with Crippen molar-refractivity contribution in [2.45, 2.75) is 0 Å². The number of hydrogen-bond acceptors (Lipinski definition) is 7. The van der Waals surface area contributed by atoms with Crippen LogP contribution in [0.5, 0.6) is 5.75 Å². The molecule has 0 unspecified atom stereocenters. The summed E-state index contributed by atoms with van der Waals surface area (Å²) >= 11 is 0. The lowest BCUT2D eigenvalue weighted by atomic mass is 10.3. The molecule has 98 valence electrons. The fourth-order valence-electron chi connectivity index (χ4n) is 2.01. The zero-order valence-corrected chi connectivity index (χ0v) is 10.7. The van der Waals surface area contributed by atoms with Crippen LogP contribution in [0.25, 0.3) is 0 Å². The molecule has 0 radical (unpaired) electrons. The second kappa shape index (κ2) is 4.29. The summed E-state index contributed by atoms with van der Waals surface area (Å²) in [7, 11) is 3.53. The summed E-state index contributed by atoms with van der Waals surface area (Å²) in [4.78, 5) is 8.23. The summed E-state index contributed by atoms with van der Waals surface area (Å²) in [6.07, 6.45) is 1.66. The minimum atomic E-state index is 0.245. The van der Waals surface area contributed by atoms with Gasteiger partial charge in [-0.25, -0.2) is 9.99 Å². The van der Waals surface area contributed by atoms with Crippen LogP contribution < -0.4 is 20.9 Å². The Balaban J connectivity index is 2.02. The number of hydrazine groups is 2. The van der Waals surface area contributed by atoms with Gasteiger partial charge in [-0.1, -0.05) is 0 Å². The Hall–Kier alpha value is -2.54. The van der Waals surface area contributed by atoms with E-state index >= 15 is 0 Å². The molecule has 2 aromatic rings. The van der Waals surface area contributed by atoms with E-state index in [0.29, 0.717) is 0 Å². The van der Waals surface area contributed by atoms with Crippen LogP contribution in [-0.2, 0) is 0 Å². The van der Waals surface area contributed by atoms with Crippen molar-refractivity contribution >= 4 is 23.1 Å². The van der Waals surface area contributed by atoms with Crippen LogP contribution in [0, 0.1) is 0 Å². The lowest BCUT2D eigenvalue weighted by Gasteiger charge is -2.24. The van der Waals surface area contributed by atoms with Crippen LogP contribution in [0.2, 0.25) is 0 Å². The second-order valence-electron chi connectivity index (χ2n) is 4.11. The highest BCUT2D eigenvalue weighted by Gasteiger charge is 2.27. The summed E-state index contributed by atoms with van der Waals surface area (Å²) < 4.78 is 5.15. The van der Waals surface area contributed by atoms with Gasteiger partial charge < -0.3 is 10.5 Å². The quantitative estimate of drug-likeness (QED) is 0.842. The topological polar surface area (TPSA) is 79.5 Å². The van der Waals surface area contributed by atoms with Crippen LogP contribution in [-0.4, -0.2) is 29.2 Å². The average molecular weight is 258 g/mol. The first kappa shape index (κ1) is 11.5. The van der Waals surface area contributed by atoms with Crippen LogP contribution >= 0.6 is 0 Å². The molecule has 0 bridgehead atoms. The van der Waals surface area contributed by atoms with Gasteiger partial charge >= 0.3 is 0 Å². The van der Waals surface area contributed by atoms with Crippen molar-refractivity contribution in [1.82, 2.24) is 15.1 Å². The molecule has 1 aliphatic rings. The largest absolute Gasteiger partial charge is 0.497 e. The van der Waals surface area contributed by atoms with Gasteiger partial charge in [0.15, 0.2) is 5.82 Å². The minimum absolute atomic E-state index is 0.245. The zero-order chi connectivity index (χ0) is 13.4. The van der Waals surface area contributed by atoms with E-state index in [4.69, 9.17) is 10.5 Å². The molecule has 7 heteroatoms. The molecule has 0 spiro atoms. The molecule has 0 amide bonds. The predicted molar refractivity (Wildman–Crippen MR) is 73.0 cm³/mol. The molecular formula is C12H14N6O. The van der Waals surface area contributed by atoms with E-state index in [1.807, 2.05) is 41.4 Å². The van der Waals surface area contributed by atoms with Gasteiger partial charge in [-0.2, -0.15) is 4.98 Å². The van der Waals surface area contributed by atoms with Gasteiger partial charge in [0.05, 0.1) is 19.0 Å². The van der Waals surface area contributed by atoms with E-state index < -0.39 is 0 Å². The third-order valence-corrected chi connectivity index (χ3v) is 2.89. The van der Waals surface area contributed by atoms with E-state index in [-0.39, 0.29) is 5.95 Å². The number of nitrogen functional groups attached to an aromatic ring is 1. The van der Waals surface area contributed by atoms with Crippen molar-refractivity contribution in [1.29, 1.82) is 0 Å². The molecule has 7 nitrogen and oxygen atoms in total. The lowest BCUT2D eigenvalue weighted by molar-refractivity contribution is 0.413. The van der Waals surface area contributed by atoms with Gasteiger partial charge in [-0.3, -0.25) is 5.43 Å². The molecular weight excluding hydrogens is 244 g/mol. The van der Waals surface area contributed by atoms with E-state index in [2.05, 4.69) is 15.4 Å². The number of fused-ring (bicyclic) bond motifs is 1. The van der Waals surface area contributed by atoms with Crippen molar-refractivity contribution < 1.29 is 4.74 Å². The molecule has 1 aliphatic heterocycles. The molecule has 0 saturated heterocycles. The Bertz CT molecular complexity index is 600. The SMILES string of the molecule is COc1ccc(N2c3nc(N)ncc3NN2C)cc1. The monoisotopic (exact) mass is 258 g/mol. The number of anilines is 4. The molecule has 0 saturated carbocycles.